The fraction of sp³-hybridized carbons (Fsp3) is 0.500. The van der Waals surface area contributed by atoms with Crippen molar-refractivity contribution in [1.29, 1.82) is 0 Å². The lowest BCUT2D eigenvalue weighted by Crippen LogP contribution is -2.64. The van der Waals surface area contributed by atoms with Crippen molar-refractivity contribution < 1.29 is 19.1 Å². The van der Waals surface area contributed by atoms with Crippen LogP contribution in [0.4, 0.5) is 0 Å². The van der Waals surface area contributed by atoms with Crippen molar-refractivity contribution in [1.82, 2.24) is 10.2 Å². The number of benzene rings is 2. The van der Waals surface area contributed by atoms with Crippen LogP contribution in [0, 0.1) is 0 Å². The number of carbonyl (C=O) groups excluding carboxylic acids is 2. The molecule has 0 bridgehead atoms. The largest absolute Gasteiger partial charge is 0.493 e. The van der Waals surface area contributed by atoms with Crippen LogP contribution in [-0.4, -0.2) is 49.1 Å². The van der Waals surface area contributed by atoms with Crippen molar-refractivity contribution in [2.75, 3.05) is 20.8 Å². The highest BCUT2D eigenvalue weighted by Gasteiger charge is 2.46. The summed E-state index contributed by atoms with van der Waals surface area (Å²) in [6.07, 6.45) is 7.90. The van der Waals surface area contributed by atoms with Gasteiger partial charge >= 0.3 is 0 Å². The third kappa shape index (κ3) is 4.91. The van der Waals surface area contributed by atoms with E-state index in [-0.39, 0.29) is 17.9 Å². The third-order valence-electron chi connectivity index (χ3n) is 7.37. The van der Waals surface area contributed by atoms with Crippen LogP contribution >= 0.6 is 0 Å². The summed E-state index contributed by atoms with van der Waals surface area (Å²) < 4.78 is 10.8. The molecule has 2 amide bonds. The van der Waals surface area contributed by atoms with Crippen LogP contribution in [0.2, 0.25) is 0 Å². The third-order valence-corrected chi connectivity index (χ3v) is 7.37. The molecule has 182 valence electrons. The summed E-state index contributed by atoms with van der Waals surface area (Å²) in [7, 11) is 3.22. The highest BCUT2D eigenvalue weighted by Crippen LogP contribution is 2.33. The van der Waals surface area contributed by atoms with Gasteiger partial charge in [-0.15, -0.1) is 0 Å². The predicted molar refractivity (Wildman–Crippen MR) is 132 cm³/mol. The minimum absolute atomic E-state index is 0.0467. The summed E-state index contributed by atoms with van der Waals surface area (Å²) in [6, 6.07) is 13.6. The van der Waals surface area contributed by atoms with E-state index in [2.05, 4.69) is 5.32 Å². The molecule has 1 fully saturated rings. The zero-order chi connectivity index (χ0) is 24.1. The molecule has 2 aromatic rings. The first-order valence-corrected chi connectivity index (χ1v) is 12.4. The monoisotopic (exact) mass is 464 g/mol. The molecule has 2 aromatic carbocycles. The number of hydrogen-bond acceptors (Lipinski definition) is 4. The molecule has 1 aliphatic heterocycles. The van der Waals surface area contributed by atoms with Crippen molar-refractivity contribution >= 4 is 11.8 Å². The summed E-state index contributed by atoms with van der Waals surface area (Å²) in [5.74, 6) is 1.20. The van der Waals surface area contributed by atoms with Gasteiger partial charge in [0.1, 0.15) is 5.54 Å². The molecule has 0 spiro atoms. The number of nitrogens with zero attached hydrogens (tertiary/aromatic N) is 1. The molecular formula is C28H36N2O4. The molecular weight excluding hydrogens is 428 g/mol. The van der Waals surface area contributed by atoms with Crippen molar-refractivity contribution in [2.45, 2.75) is 69.9 Å². The van der Waals surface area contributed by atoms with E-state index in [4.69, 9.17) is 9.47 Å². The van der Waals surface area contributed by atoms with Crippen molar-refractivity contribution in [3.05, 3.63) is 59.2 Å². The zero-order valence-electron chi connectivity index (χ0n) is 20.6. The van der Waals surface area contributed by atoms with Gasteiger partial charge in [0.2, 0.25) is 5.91 Å². The van der Waals surface area contributed by atoms with Gasteiger partial charge in [0.05, 0.1) is 14.2 Å². The number of methoxy groups -OCH3 is 2. The number of fused-ring (bicyclic) bond motifs is 1. The van der Waals surface area contributed by atoms with Gasteiger partial charge in [0.25, 0.3) is 5.91 Å². The summed E-state index contributed by atoms with van der Waals surface area (Å²) in [5, 5.41) is 3.31. The Kier molecular flexibility index (Phi) is 7.44. The summed E-state index contributed by atoms with van der Waals surface area (Å²) >= 11 is 0. The molecule has 34 heavy (non-hydrogen) atoms. The van der Waals surface area contributed by atoms with E-state index in [0.717, 1.165) is 36.8 Å². The molecule has 6 heteroatoms. The van der Waals surface area contributed by atoms with Gasteiger partial charge in [-0.2, -0.15) is 0 Å². The zero-order valence-corrected chi connectivity index (χ0v) is 20.6. The van der Waals surface area contributed by atoms with E-state index < -0.39 is 5.54 Å². The van der Waals surface area contributed by atoms with Crippen LogP contribution in [0.25, 0.3) is 0 Å². The Labute approximate surface area is 202 Å². The molecule has 0 aromatic heterocycles. The lowest BCUT2D eigenvalue weighted by atomic mass is 9.82. The van der Waals surface area contributed by atoms with Crippen LogP contribution in [0.15, 0.2) is 42.5 Å². The van der Waals surface area contributed by atoms with E-state index in [1.807, 2.05) is 49.4 Å². The van der Waals surface area contributed by atoms with Gasteiger partial charge in [-0.25, -0.2) is 0 Å². The Morgan fingerprint density at radius 1 is 1.03 bits per heavy atom. The summed E-state index contributed by atoms with van der Waals surface area (Å²) in [4.78, 5) is 29.1. The Hall–Kier alpha value is -3.02. The van der Waals surface area contributed by atoms with Crippen molar-refractivity contribution in [3.8, 4) is 11.5 Å². The fourth-order valence-corrected chi connectivity index (χ4v) is 5.31. The maximum atomic E-state index is 13.7. The number of nitrogens with one attached hydrogen (secondary N) is 1. The second-order valence-electron chi connectivity index (χ2n) is 9.67. The minimum Gasteiger partial charge on any atom is -0.493 e. The highest BCUT2D eigenvalue weighted by molar-refractivity contribution is 6.02. The van der Waals surface area contributed by atoms with Gasteiger partial charge in [0.15, 0.2) is 11.5 Å². The second-order valence-corrected chi connectivity index (χ2v) is 9.67. The number of rotatable bonds is 7. The van der Waals surface area contributed by atoms with E-state index in [9.17, 15) is 9.59 Å². The Balaban J connectivity index is 1.59. The smallest absolute Gasteiger partial charge is 0.255 e. The first-order valence-electron chi connectivity index (χ1n) is 12.4. The molecule has 1 unspecified atom stereocenters. The molecule has 1 N–H and O–H groups in total. The minimum atomic E-state index is -0.936. The number of carbonyl (C=O) groups is 2. The maximum Gasteiger partial charge on any atom is 0.255 e. The molecule has 0 radical (unpaired) electrons. The summed E-state index contributed by atoms with van der Waals surface area (Å²) in [5.41, 5.74) is 1.72. The molecule has 0 saturated heterocycles. The standard InChI is InChI=1S/C28H36N2O4/c1-28(27(32)29-22-11-6-4-5-7-12-22)19-21-10-8-9-13-23(21)26(31)30(28)17-16-20-14-15-24(33-2)25(18-20)34-3/h8-10,13-15,18,22H,4-7,11-12,16-17,19H2,1-3H3,(H,29,32). The Bertz CT molecular complexity index is 1030. The van der Waals surface area contributed by atoms with Crippen molar-refractivity contribution in [2.24, 2.45) is 0 Å². The van der Waals surface area contributed by atoms with E-state index in [0.29, 0.717) is 36.4 Å². The van der Waals surface area contributed by atoms with E-state index in [1.54, 1.807) is 19.1 Å². The van der Waals surface area contributed by atoms with Crippen LogP contribution < -0.4 is 14.8 Å². The molecule has 1 aliphatic carbocycles. The quantitative estimate of drug-likeness (QED) is 0.611. The van der Waals surface area contributed by atoms with Gasteiger partial charge in [-0.3, -0.25) is 9.59 Å². The Morgan fingerprint density at radius 2 is 1.74 bits per heavy atom. The average Bonchev–Trinajstić information content (AvgIpc) is 3.12. The normalized spacial score (nSPS) is 20.9. The number of hydrogen-bond donors (Lipinski definition) is 1. The molecule has 6 nitrogen and oxygen atoms in total. The SMILES string of the molecule is COc1ccc(CCN2C(=O)c3ccccc3CC2(C)C(=O)NC2CCCCCC2)cc1OC. The Morgan fingerprint density at radius 3 is 2.44 bits per heavy atom. The van der Waals surface area contributed by atoms with Crippen LogP contribution in [0.1, 0.15) is 66.9 Å². The van der Waals surface area contributed by atoms with Gasteiger partial charge < -0.3 is 19.7 Å². The lowest BCUT2D eigenvalue weighted by Gasteiger charge is -2.44. The molecule has 1 atom stereocenters. The average molecular weight is 465 g/mol. The maximum absolute atomic E-state index is 13.7. The van der Waals surface area contributed by atoms with Crippen LogP contribution in [0.3, 0.4) is 0 Å². The number of ether oxygens (including phenoxy) is 2. The summed E-state index contributed by atoms with van der Waals surface area (Å²) in [6.45, 7) is 2.36. The molecule has 2 aliphatic rings. The fourth-order valence-electron chi connectivity index (χ4n) is 5.31. The first kappa shape index (κ1) is 24.1. The van der Waals surface area contributed by atoms with Crippen LogP contribution in [0.5, 0.6) is 11.5 Å². The van der Waals surface area contributed by atoms with Gasteiger partial charge in [0, 0.05) is 24.6 Å². The topological polar surface area (TPSA) is 67.9 Å². The van der Waals surface area contributed by atoms with Crippen molar-refractivity contribution in [3.63, 3.8) is 0 Å². The van der Waals surface area contributed by atoms with Crippen LogP contribution in [-0.2, 0) is 17.6 Å². The predicted octanol–water partition coefficient (Wildman–Crippen LogP) is 4.54. The molecule has 4 rings (SSSR count). The van der Waals surface area contributed by atoms with Gasteiger partial charge in [-0.05, 0) is 55.5 Å². The number of amides is 2. The highest BCUT2D eigenvalue weighted by atomic mass is 16.5. The second kappa shape index (κ2) is 10.5. The first-order chi connectivity index (χ1) is 16.5. The molecule has 1 heterocycles. The lowest BCUT2D eigenvalue weighted by molar-refractivity contribution is -0.132. The van der Waals surface area contributed by atoms with Gasteiger partial charge in [-0.1, -0.05) is 49.9 Å². The van der Waals surface area contributed by atoms with E-state index in [1.165, 1.54) is 12.8 Å². The molecule has 1 saturated carbocycles. The van der Waals surface area contributed by atoms with E-state index >= 15 is 0 Å².